The highest BCUT2D eigenvalue weighted by molar-refractivity contribution is 7.86. The number of benzene rings is 4. The van der Waals surface area contributed by atoms with Crippen molar-refractivity contribution in [2.75, 3.05) is 0 Å². The van der Waals surface area contributed by atoms with Crippen LogP contribution >= 0.6 is 0 Å². The summed E-state index contributed by atoms with van der Waals surface area (Å²) in [7, 11) is -9.65. The summed E-state index contributed by atoms with van der Waals surface area (Å²) in [5.74, 6) is 0. The van der Waals surface area contributed by atoms with Crippen molar-refractivity contribution < 1.29 is 30.9 Å². The SMILES string of the molecule is O=[N+]([O-])c1ccc(N=Nc2cc3cc(N=Nc4ccccc4)c(S(=O)(=O)O)cc3cc2S(=O)(=O)O)cc1. The molecule has 0 saturated heterocycles. The highest BCUT2D eigenvalue weighted by Crippen LogP contribution is 2.37. The molecule has 4 rings (SSSR count). The minimum absolute atomic E-state index is 0.0215. The van der Waals surface area contributed by atoms with Crippen LogP contribution in [0.4, 0.5) is 28.4 Å². The van der Waals surface area contributed by atoms with Crippen LogP contribution < -0.4 is 0 Å². The molecule has 4 aromatic rings. The molecule has 0 spiro atoms. The molecule has 0 aliphatic heterocycles. The zero-order chi connectivity index (χ0) is 26.8. The largest absolute Gasteiger partial charge is 0.296 e. The number of nitro groups is 1. The van der Waals surface area contributed by atoms with Crippen molar-refractivity contribution in [2.24, 2.45) is 20.5 Å². The number of hydrogen-bond acceptors (Lipinski definition) is 10. The van der Waals surface area contributed by atoms with Gasteiger partial charge in [0.15, 0.2) is 0 Å². The van der Waals surface area contributed by atoms with Gasteiger partial charge in [-0.2, -0.15) is 27.1 Å². The van der Waals surface area contributed by atoms with E-state index in [4.69, 9.17) is 0 Å². The van der Waals surface area contributed by atoms with Crippen LogP contribution in [0.3, 0.4) is 0 Å². The Kier molecular flexibility index (Phi) is 6.86. The van der Waals surface area contributed by atoms with E-state index in [1.165, 1.54) is 36.4 Å². The Morgan fingerprint density at radius 1 is 0.622 bits per heavy atom. The van der Waals surface area contributed by atoms with E-state index in [-0.39, 0.29) is 33.5 Å². The lowest BCUT2D eigenvalue weighted by molar-refractivity contribution is -0.384. The maximum atomic E-state index is 12.0. The average molecular weight is 542 g/mol. The van der Waals surface area contributed by atoms with Crippen molar-refractivity contribution in [3.05, 3.63) is 89.0 Å². The lowest BCUT2D eigenvalue weighted by Gasteiger charge is -2.09. The van der Waals surface area contributed by atoms with E-state index in [0.717, 1.165) is 12.1 Å². The molecule has 0 aliphatic carbocycles. The van der Waals surface area contributed by atoms with Crippen LogP contribution in [0.15, 0.2) is 109 Å². The summed E-state index contributed by atoms with van der Waals surface area (Å²) in [5, 5.41) is 26.7. The van der Waals surface area contributed by atoms with Gasteiger partial charge in [0.2, 0.25) is 0 Å². The Morgan fingerprint density at radius 3 is 1.49 bits per heavy atom. The minimum Gasteiger partial charge on any atom is -0.282 e. The first-order valence-corrected chi connectivity index (χ1v) is 13.0. The van der Waals surface area contributed by atoms with Gasteiger partial charge >= 0.3 is 0 Å². The number of rotatable bonds is 7. The van der Waals surface area contributed by atoms with Gasteiger partial charge in [-0.3, -0.25) is 19.2 Å². The fourth-order valence-electron chi connectivity index (χ4n) is 3.21. The van der Waals surface area contributed by atoms with Crippen molar-refractivity contribution in [3.63, 3.8) is 0 Å². The van der Waals surface area contributed by atoms with Gasteiger partial charge in [-0.1, -0.05) is 18.2 Å². The highest BCUT2D eigenvalue weighted by atomic mass is 32.2. The Hall–Kier alpha value is -4.44. The van der Waals surface area contributed by atoms with Crippen LogP contribution in [0.1, 0.15) is 0 Å². The maximum Gasteiger partial charge on any atom is 0.296 e. The predicted octanol–water partition coefficient (Wildman–Crippen LogP) is 6.07. The van der Waals surface area contributed by atoms with Crippen LogP contribution in [0, 0.1) is 10.1 Å². The average Bonchev–Trinajstić information content (AvgIpc) is 2.84. The van der Waals surface area contributed by atoms with Gasteiger partial charge in [0.25, 0.3) is 25.9 Å². The Balaban J connectivity index is 1.87. The normalized spacial score (nSPS) is 12.5. The highest BCUT2D eigenvalue weighted by Gasteiger charge is 2.21. The summed E-state index contributed by atoms with van der Waals surface area (Å²) in [6.07, 6.45) is 0. The van der Waals surface area contributed by atoms with E-state index in [1.807, 2.05) is 0 Å². The molecule has 0 atom stereocenters. The summed E-state index contributed by atoms with van der Waals surface area (Å²) in [6.45, 7) is 0. The molecule has 0 radical (unpaired) electrons. The second-order valence-electron chi connectivity index (χ2n) is 7.45. The molecule has 4 aromatic carbocycles. The summed E-state index contributed by atoms with van der Waals surface area (Å²) >= 11 is 0. The standard InChI is InChI=1S/C22H15N5O8S2/c28-27(29)18-8-6-17(7-9-18)24-26-20-11-14-10-19(25-23-16-4-2-1-3-5-16)21(36(30,31)32)12-15(14)13-22(20)37(33,34)35/h1-13H,(H,30,31,32)(H,33,34,35). The zero-order valence-electron chi connectivity index (χ0n) is 18.4. The number of azo groups is 2. The molecule has 0 aromatic heterocycles. The van der Waals surface area contributed by atoms with E-state index in [1.54, 1.807) is 30.3 Å². The van der Waals surface area contributed by atoms with Gasteiger partial charge in [0, 0.05) is 12.1 Å². The molecule has 188 valence electrons. The maximum absolute atomic E-state index is 12.0. The fourth-order valence-corrected chi connectivity index (χ4v) is 4.49. The molecule has 0 aliphatic rings. The van der Waals surface area contributed by atoms with Crippen LogP contribution in [0.25, 0.3) is 10.8 Å². The molecule has 0 unspecified atom stereocenters. The van der Waals surface area contributed by atoms with Crippen LogP contribution in [0.5, 0.6) is 0 Å². The van der Waals surface area contributed by atoms with Crippen molar-refractivity contribution in [1.82, 2.24) is 0 Å². The lowest BCUT2D eigenvalue weighted by atomic mass is 10.1. The number of nitrogens with zero attached hydrogens (tertiary/aromatic N) is 5. The molecule has 0 heterocycles. The third-order valence-corrected chi connectivity index (χ3v) is 6.68. The number of nitro benzene ring substituents is 1. The molecule has 0 amide bonds. The molecule has 0 saturated carbocycles. The summed E-state index contributed by atoms with van der Waals surface area (Å²) in [6, 6.07) is 17.7. The van der Waals surface area contributed by atoms with Crippen molar-refractivity contribution in [1.29, 1.82) is 0 Å². The first-order chi connectivity index (χ1) is 17.4. The predicted molar refractivity (Wildman–Crippen MR) is 131 cm³/mol. The quantitative estimate of drug-likeness (QED) is 0.121. The summed E-state index contributed by atoms with van der Waals surface area (Å²) in [5.41, 5.74) is -0.167. The van der Waals surface area contributed by atoms with Crippen LogP contribution in [-0.2, 0) is 20.2 Å². The lowest BCUT2D eigenvalue weighted by Crippen LogP contribution is -2.01. The first-order valence-electron chi connectivity index (χ1n) is 10.1. The van der Waals surface area contributed by atoms with Crippen LogP contribution in [0.2, 0.25) is 0 Å². The van der Waals surface area contributed by atoms with Crippen molar-refractivity contribution in [2.45, 2.75) is 9.79 Å². The molecular formula is C22H15N5O8S2. The van der Waals surface area contributed by atoms with Crippen molar-refractivity contribution in [3.8, 4) is 0 Å². The molecule has 37 heavy (non-hydrogen) atoms. The van der Waals surface area contributed by atoms with E-state index in [0.29, 0.717) is 5.69 Å². The van der Waals surface area contributed by atoms with Gasteiger partial charge in [-0.25, -0.2) is 0 Å². The van der Waals surface area contributed by atoms with Crippen LogP contribution in [-0.4, -0.2) is 30.9 Å². The van der Waals surface area contributed by atoms with Gasteiger partial charge in [-0.05, 0) is 59.3 Å². The number of hydrogen-bond donors (Lipinski definition) is 2. The van der Waals surface area contributed by atoms with E-state index in [9.17, 15) is 36.1 Å². The number of fused-ring (bicyclic) bond motifs is 1. The monoisotopic (exact) mass is 541 g/mol. The number of non-ortho nitro benzene ring substituents is 1. The Bertz CT molecular complexity index is 1790. The third-order valence-electron chi connectivity index (χ3n) is 4.91. The van der Waals surface area contributed by atoms with Crippen molar-refractivity contribution >= 4 is 59.4 Å². The van der Waals surface area contributed by atoms with Gasteiger partial charge in [0.1, 0.15) is 21.2 Å². The Morgan fingerprint density at radius 2 is 1.05 bits per heavy atom. The minimum atomic E-state index is -4.85. The molecule has 13 nitrogen and oxygen atoms in total. The third kappa shape index (κ3) is 6.04. The van der Waals surface area contributed by atoms with E-state index < -0.39 is 35.0 Å². The topological polar surface area (TPSA) is 201 Å². The van der Waals surface area contributed by atoms with E-state index >= 15 is 0 Å². The smallest absolute Gasteiger partial charge is 0.282 e. The second-order valence-corrected chi connectivity index (χ2v) is 10.2. The fraction of sp³-hybridized carbons (Fsp3) is 0. The molecule has 2 N–H and O–H groups in total. The molecule has 0 bridgehead atoms. The second kappa shape index (κ2) is 9.90. The first kappa shape index (κ1) is 25.6. The summed E-state index contributed by atoms with van der Waals surface area (Å²) in [4.78, 5) is 8.87. The van der Waals surface area contributed by atoms with Gasteiger partial charge < -0.3 is 0 Å². The van der Waals surface area contributed by atoms with E-state index in [2.05, 4.69) is 20.5 Å². The van der Waals surface area contributed by atoms with Gasteiger partial charge in [0.05, 0.1) is 16.3 Å². The zero-order valence-corrected chi connectivity index (χ0v) is 20.0. The summed E-state index contributed by atoms with van der Waals surface area (Å²) < 4.78 is 67.4. The molecular weight excluding hydrogens is 526 g/mol. The molecule has 0 fully saturated rings. The molecule has 15 heteroatoms. The Labute approximate surface area is 209 Å². The van der Waals surface area contributed by atoms with Gasteiger partial charge in [-0.15, -0.1) is 10.2 Å².